The van der Waals surface area contributed by atoms with E-state index in [2.05, 4.69) is 15.7 Å². The van der Waals surface area contributed by atoms with E-state index in [-0.39, 0.29) is 5.91 Å². The number of amides is 1. The Labute approximate surface area is 156 Å². The van der Waals surface area contributed by atoms with Crippen LogP contribution in [-0.2, 0) is 17.8 Å². The van der Waals surface area contributed by atoms with Gasteiger partial charge in [0.25, 0.3) is 5.91 Å². The summed E-state index contributed by atoms with van der Waals surface area (Å²) in [7, 11) is 0. The number of carbonyl (C=O) groups is 1. The van der Waals surface area contributed by atoms with Crippen LogP contribution in [0.15, 0.2) is 53.4 Å². The number of benzene rings is 1. The molecule has 0 aliphatic carbocycles. The molecule has 1 amide bonds. The van der Waals surface area contributed by atoms with Crippen molar-refractivity contribution in [1.82, 2.24) is 15.0 Å². The summed E-state index contributed by atoms with van der Waals surface area (Å²) in [5.74, 6) is 0.298. The van der Waals surface area contributed by atoms with Gasteiger partial charge in [-0.15, -0.1) is 5.10 Å². The number of carbonyl (C=O) groups excluding carboxylic acids is 1. The van der Waals surface area contributed by atoms with E-state index in [4.69, 9.17) is 4.74 Å². The van der Waals surface area contributed by atoms with Crippen LogP contribution in [-0.4, -0.2) is 34.1 Å². The lowest BCUT2D eigenvalue weighted by Crippen LogP contribution is -2.30. The predicted molar refractivity (Wildman–Crippen MR) is 100 cm³/mol. The first-order chi connectivity index (χ1) is 12.8. The minimum absolute atomic E-state index is 0.142. The Bertz CT molecular complexity index is 842. The summed E-state index contributed by atoms with van der Waals surface area (Å²) in [5.41, 5.74) is 2.31. The highest BCUT2D eigenvalue weighted by molar-refractivity contribution is 7.07. The molecule has 0 radical (unpaired) electrons. The zero-order chi connectivity index (χ0) is 17.8. The van der Waals surface area contributed by atoms with E-state index in [1.54, 1.807) is 27.1 Å². The molecule has 1 aliphatic heterocycles. The highest BCUT2D eigenvalue weighted by atomic mass is 32.1. The van der Waals surface area contributed by atoms with Crippen molar-refractivity contribution in [3.63, 3.8) is 0 Å². The second-order valence-corrected chi connectivity index (χ2v) is 7.19. The molecule has 1 aliphatic rings. The summed E-state index contributed by atoms with van der Waals surface area (Å²) in [6.07, 6.45) is 2.77. The summed E-state index contributed by atoms with van der Waals surface area (Å²) in [6.45, 7) is 2.79. The molecule has 1 atom stereocenters. The molecule has 7 heteroatoms. The lowest BCUT2D eigenvalue weighted by atomic mass is 10.1. The van der Waals surface area contributed by atoms with Gasteiger partial charge in [-0.25, -0.2) is 0 Å². The number of hydrogen-bond donors (Lipinski definition) is 0. The summed E-state index contributed by atoms with van der Waals surface area (Å²) in [4.78, 5) is 14.9. The van der Waals surface area contributed by atoms with Gasteiger partial charge in [-0.05, 0) is 40.9 Å². The molecule has 4 rings (SSSR count). The second-order valence-electron chi connectivity index (χ2n) is 6.41. The van der Waals surface area contributed by atoms with Gasteiger partial charge in [0.1, 0.15) is 0 Å². The van der Waals surface area contributed by atoms with Gasteiger partial charge >= 0.3 is 0 Å². The highest BCUT2D eigenvalue weighted by Crippen LogP contribution is 2.21. The van der Waals surface area contributed by atoms with Crippen LogP contribution in [0.2, 0.25) is 0 Å². The Morgan fingerprint density at radius 1 is 1.31 bits per heavy atom. The van der Waals surface area contributed by atoms with Crippen molar-refractivity contribution in [3.05, 3.63) is 64.6 Å². The maximum atomic E-state index is 13.1. The molecule has 6 nitrogen and oxygen atoms in total. The topological polar surface area (TPSA) is 60.3 Å². The summed E-state index contributed by atoms with van der Waals surface area (Å²) in [6, 6.07) is 11.7. The van der Waals surface area contributed by atoms with Crippen LogP contribution in [0, 0.1) is 5.92 Å². The Morgan fingerprint density at radius 3 is 2.92 bits per heavy atom. The number of aromatic nitrogens is 3. The minimum atomic E-state index is -0.142. The van der Waals surface area contributed by atoms with E-state index in [1.807, 2.05) is 41.8 Å². The number of rotatable bonds is 6. The van der Waals surface area contributed by atoms with Crippen LogP contribution < -0.4 is 4.90 Å². The average molecular weight is 368 g/mol. The molecule has 1 aromatic carbocycles. The standard InChI is InChI=1S/C19H20N4O2S/c24-19(18-12-22(21-20-18)10-15-6-8-25-13-15)23(11-16-7-9-26-14-16)17-4-2-1-3-5-17/h1-5,7,9,12,14-15H,6,8,10-11,13H2. The van der Waals surface area contributed by atoms with Gasteiger partial charge in [0, 0.05) is 24.8 Å². The van der Waals surface area contributed by atoms with Crippen LogP contribution in [0.25, 0.3) is 0 Å². The molecule has 1 fully saturated rings. The van der Waals surface area contributed by atoms with E-state index in [1.165, 1.54) is 0 Å². The molecule has 0 spiro atoms. The average Bonchev–Trinajstić information content (AvgIpc) is 3.43. The minimum Gasteiger partial charge on any atom is -0.381 e. The SMILES string of the molecule is O=C(c1cn(CC2CCOC2)nn1)N(Cc1ccsc1)c1ccccc1. The molecule has 0 bridgehead atoms. The normalized spacial score (nSPS) is 16.7. The van der Waals surface area contributed by atoms with Crippen LogP contribution in [0.1, 0.15) is 22.5 Å². The quantitative estimate of drug-likeness (QED) is 0.670. The molecule has 1 unspecified atom stereocenters. The first-order valence-electron chi connectivity index (χ1n) is 8.65. The van der Waals surface area contributed by atoms with Gasteiger partial charge in [0.15, 0.2) is 5.69 Å². The van der Waals surface area contributed by atoms with Gasteiger partial charge in [-0.2, -0.15) is 11.3 Å². The highest BCUT2D eigenvalue weighted by Gasteiger charge is 2.23. The smallest absolute Gasteiger partial charge is 0.280 e. The van der Waals surface area contributed by atoms with Crippen molar-refractivity contribution in [2.24, 2.45) is 5.92 Å². The van der Waals surface area contributed by atoms with Crippen LogP contribution in [0.5, 0.6) is 0 Å². The Morgan fingerprint density at radius 2 is 2.19 bits per heavy atom. The van der Waals surface area contributed by atoms with Gasteiger partial charge in [-0.1, -0.05) is 23.4 Å². The van der Waals surface area contributed by atoms with Gasteiger partial charge in [0.05, 0.1) is 19.3 Å². The lowest BCUT2D eigenvalue weighted by molar-refractivity contribution is 0.0980. The number of thiophene rings is 1. The molecular formula is C19H20N4O2S. The third-order valence-corrected chi connectivity index (χ3v) is 5.19. The number of hydrogen-bond acceptors (Lipinski definition) is 5. The van der Waals surface area contributed by atoms with E-state index < -0.39 is 0 Å². The Kier molecular flexibility index (Phi) is 5.08. The molecule has 0 N–H and O–H groups in total. The molecule has 2 aromatic heterocycles. The number of anilines is 1. The summed E-state index contributed by atoms with van der Waals surface area (Å²) < 4.78 is 7.15. The number of para-hydroxylation sites is 1. The molecule has 134 valence electrons. The Hall–Kier alpha value is -2.51. The zero-order valence-electron chi connectivity index (χ0n) is 14.3. The van der Waals surface area contributed by atoms with Crippen LogP contribution in [0.4, 0.5) is 5.69 Å². The fraction of sp³-hybridized carbons (Fsp3) is 0.316. The van der Waals surface area contributed by atoms with Crippen molar-refractivity contribution in [1.29, 1.82) is 0 Å². The molecule has 0 saturated carbocycles. The van der Waals surface area contributed by atoms with Crippen molar-refractivity contribution < 1.29 is 9.53 Å². The van der Waals surface area contributed by atoms with Crippen molar-refractivity contribution in [3.8, 4) is 0 Å². The maximum Gasteiger partial charge on any atom is 0.280 e. The largest absolute Gasteiger partial charge is 0.381 e. The maximum absolute atomic E-state index is 13.1. The van der Waals surface area contributed by atoms with Crippen LogP contribution in [0.3, 0.4) is 0 Å². The zero-order valence-corrected chi connectivity index (χ0v) is 15.1. The van der Waals surface area contributed by atoms with Gasteiger partial charge in [-0.3, -0.25) is 9.48 Å². The summed E-state index contributed by atoms with van der Waals surface area (Å²) in [5, 5.41) is 12.3. The molecule has 1 saturated heterocycles. The molecule has 3 aromatic rings. The van der Waals surface area contributed by atoms with Crippen molar-refractivity contribution in [2.45, 2.75) is 19.5 Å². The van der Waals surface area contributed by atoms with Crippen LogP contribution >= 0.6 is 11.3 Å². The molecular weight excluding hydrogens is 348 g/mol. The van der Waals surface area contributed by atoms with Crippen molar-refractivity contribution in [2.75, 3.05) is 18.1 Å². The monoisotopic (exact) mass is 368 g/mol. The van der Waals surface area contributed by atoms with Crippen molar-refractivity contribution >= 4 is 22.9 Å². The third kappa shape index (κ3) is 3.84. The van der Waals surface area contributed by atoms with E-state index in [0.717, 1.165) is 37.4 Å². The first kappa shape index (κ1) is 16.9. The second kappa shape index (κ2) is 7.80. The van der Waals surface area contributed by atoms with E-state index in [0.29, 0.717) is 18.2 Å². The first-order valence-corrected chi connectivity index (χ1v) is 9.60. The molecule has 26 heavy (non-hydrogen) atoms. The molecule has 3 heterocycles. The summed E-state index contributed by atoms with van der Waals surface area (Å²) >= 11 is 1.62. The third-order valence-electron chi connectivity index (χ3n) is 4.46. The van der Waals surface area contributed by atoms with Gasteiger partial charge < -0.3 is 9.64 Å². The van der Waals surface area contributed by atoms with Gasteiger partial charge in [0.2, 0.25) is 0 Å². The Balaban J connectivity index is 1.55. The number of ether oxygens (including phenoxy) is 1. The lowest BCUT2D eigenvalue weighted by Gasteiger charge is -2.21. The number of nitrogens with zero attached hydrogens (tertiary/aromatic N) is 4. The predicted octanol–water partition coefficient (Wildman–Crippen LogP) is 3.22. The fourth-order valence-electron chi connectivity index (χ4n) is 3.07. The fourth-order valence-corrected chi connectivity index (χ4v) is 3.73. The van der Waals surface area contributed by atoms with E-state index in [9.17, 15) is 4.79 Å². The van der Waals surface area contributed by atoms with E-state index >= 15 is 0 Å².